The predicted octanol–water partition coefficient (Wildman–Crippen LogP) is 0.807. The molecule has 0 aliphatic carbocycles. The molecule has 1 aromatic rings. The van der Waals surface area contributed by atoms with Crippen molar-refractivity contribution in [1.82, 2.24) is 5.32 Å². The van der Waals surface area contributed by atoms with E-state index in [0.29, 0.717) is 23.6 Å². The van der Waals surface area contributed by atoms with E-state index in [0.717, 1.165) is 19.3 Å². The molecule has 1 unspecified atom stereocenters. The molecular formula is C16H25N3O4. The van der Waals surface area contributed by atoms with Crippen molar-refractivity contribution in [2.45, 2.75) is 32.2 Å². The summed E-state index contributed by atoms with van der Waals surface area (Å²) in [5.41, 5.74) is 11.2. The van der Waals surface area contributed by atoms with Gasteiger partial charge >= 0.3 is 0 Å². The van der Waals surface area contributed by atoms with Crippen molar-refractivity contribution < 1.29 is 19.1 Å². The van der Waals surface area contributed by atoms with Crippen LogP contribution in [0.3, 0.4) is 0 Å². The van der Waals surface area contributed by atoms with Gasteiger partial charge in [0.05, 0.1) is 7.11 Å². The number of rotatable bonds is 10. The van der Waals surface area contributed by atoms with Crippen molar-refractivity contribution in [2.75, 3.05) is 20.3 Å². The number of primary amides is 1. The van der Waals surface area contributed by atoms with E-state index in [1.165, 1.54) is 7.11 Å². The average Bonchev–Trinajstić information content (AvgIpc) is 2.56. The zero-order valence-electron chi connectivity index (χ0n) is 13.6. The number of hydrogen-bond donors (Lipinski definition) is 3. The summed E-state index contributed by atoms with van der Waals surface area (Å²) in [4.78, 5) is 23.1. The molecule has 2 amide bonds. The van der Waals surface area contributed by atoms with E-state index in [2.05, 4.69) is 12.2 Å². The maximum atomic E-state index is 12.3. The van der Waals surface area contributed by atoms with Crippen molar-refractivity contribution in [3.8, 4) is 11.5 Å². The second-order valence-corrected chi connectivity index (χ2v) is 5.17. The van der Waals surface area contributed by atoms with E-state index >= 15 is 0 Å². The van der Waals surface area contributed by atoms with Crippen molar-refractivity contribution in [1.29, 1.82) is 0 Å². The standard InChI is InChI=1S/C16H25N3O4/c1-3-4-5-12(9-17)19-16(21)11-6-7-13(14(8-11)22-2)23-10-15(18)20/h6-8,12H,3-5,9-10,17H2,1-2H3,(H2,18,20)(H,19,21). The Morgan fingerprint density at radius 1 is 1.30 bits per heavy atom. The number of nitrogens with two attached hydrogens (primary N) is 2. The first-order valence-corrected chi connectivity index (χ1v) is 7.61. The molecule has 0 bridgehead atoms. The molecule has 0 aromatic heterocycles. The van der Waals surface area contributed by atoms with Crippen LogP contribution in [0.5, 0.6) is 11.5 Å². The molecule has 0 fully saturated rings. The number of methoxy groups -OCH3 is 1. The SMILES string of the molecule is CCCCC(CN)NC(=O)c1ccc(OCC(N)=O)c(OC)c1. The maximum absolute atomic E-state index is 12.3. The van der Waals surface area contributed by atoms with Crippen molar-refractivity contribution in [3.05, 3.63) is 23.8 Å². The summed E-state index contributed by atoms with van der Waals surface area (Å²) in [6, 6.07) is 4.67. The molecule has 1 atom stereocenters. The minimum absolute atomic E-state index is 0.0563. The molecule has 0 saturated carbocycles. The molecule has 0 spiro atoms. The van der Waals surface area contributed by atoms with Gasteiger partial charge in [-0.25, -0.2) is 0 Å². The van der Waals surface area contributed by atoms with Gasteiger partial charge in [-0.05, 0) is 24.6 Å². The lowest BCUT2D eigenvalue weighted by Crippen LogP contribution is -2.40. The quantitative estimate of drug-likeness (QED) is 0.589. The van der Waals surface area contributed by atoms with Crippen LogP contribution < -0.4 is 26.3 Å². The van der Waals surface area contributed by atoms with Crippen molar-refractivity contribution >= 4 is 11.8 Å². The van der Waals surface area contributed by atoms with Gasteiger partial charge in [0.2, 0.25) is 0 Å². The Labute approximate surface area is 136 Å². The monoisotopic (exact) mass is 323 g/mol. The van der Waals surface area contributed by atoms with E-state index in [4.69, 9.17) is 20.9 Å². The highest BCUT2D eigenvalue weighted by atomic mass is 16.5. The Morgan fingerprint density at radius 2 is 2.04 bits per heavy atom. The minimum Gasteiger partial charge on any atom is -0.493 e. The van der Waals surface area contributed by atoms with Gasteiger partial charge in [0.25, 0.3) is 11.8 Å². The second kappa shape index (κ2) is 9.68. The van der Waals surface area contributed by atoms with Gasteiger partial charge in [0.1, 0.15) is 0 Å². The molecule has 0 saturated heterocycles. The van der Waals surface area contributed by atoms with Gasteiger partial charge < -0.3 is 26.3 Å². The molecular weight excluding hydrogens is 298 g/mol. The van der Waals surface area contributed by atoms with E-state index in [-0.39, 0.29) is 18.6 Å². The molecule has 7 nitrogen and oxygen atoms in total. The number of ether oxygens (including phenoxy) is 2. The average molecular weight is 323 g/mol. The lowest BCUT2D eigenvalue weighted by Gasteiger charge is -2.17. The summed E-state index contributed by atoms with van der Waals surface area (Å²) in [5.74, 6) is -0.104. The maximum Gasteiger partial charge on any atom is 0.255 e. The summed E-state index contributed by atoms with van der Waals surface area (Å²) in [5, 5.41) is 2.90. The van der Waals surface area contributed by atoms with E-state index in [1.807, 2.05) is 0 Å². The Bertz CT molecular complexity index is 534. The van der Waals surface area contributed by atoms with Gasteiger partial charge in [-0.2, -0.15) is 0 Å². The van der Waals surface area contributed by atoms with E-state index in [9.17, 15) is 9.59 Å². The van der Waals surface area contributed by atoms with Gasteiger partial charge in [0.15, 0.2) is 18.1 Å². The summed E-state index contributed by atoms with van der Waals surface area (Å²) in [7, 11) is 1.46. The third-order valence-electron chi connectivity index (χ3n) is 3.32. The Morgan fingerprint density at radius 3 is 2.61 bits per heavy atom. The fraction of sp³-hybridized carbons (Fsp3) is 0.500. The fourth-order valence-corrected chi connectivity index (χ4v) is 2.05. The molecule has 23 heavy (non-hydrogen) atoms. The van der Waals surface area contributed by atoms with Crippen LogP contribution in [-0.4, -0.2) is 38.1 Å². The van der Waals surface area contributed by atoms with Gasteiger partial charge in [-0.15, -0.1) is 0 Å². The van der Waals surface area contributed by atoms with Crippen LogP contribution in [0, 0.1) is 0 Å². The summed E-state index contributed by atoms with van der Waals surface area (Å²) in [6.07, 6.45) is 2.90. The molecule has 5 N–H and O–H groups in total. The number of amides is 2. The van der Waals surface area contributed by atoms with Gasteiger partial charge in [-0.3, -0.25) is 9.59 Å². The largest absolute Gasteiger partial charge is 0.493 e. The third-order valence-corrected chi connectivity index (χ3v) is 3.32. The fourth-order valence-electron chi connectivity index (χ4n) is 2.05. The number of carbonyl (C=O) groups is 2. The first-order valence-electron chi connectivity index (χ1n) is 7.61. The highest BCUT2D eigenvalue weighted by Gasteiger charge is 2.15. The van der Waals surface area contributed by atoms with Crippen LogP contribution in [0.2, 0.25) is 0 Å². The summed E-state index contributed by atoms with van der Waals surface area (Å²) in [6.45, 7) is 2.22. The summed E-state index contributed by atoms with van der Waals surface area (Å²) < 4.78 is 10.4. The minimum atomic E-state index is -0.587. The Hall–Kier alpha value is -2.28. The molecule has 0 heterocycles. The van der Waals surface area contributed by atoms with Crippen molar-refractivity contribution in [3.63, 3.8) is 0 Å². The van der Waals surface area contributed by atoms with Crippen LogP contribution in [0.25, 0.3) is 0 Å². The molecule has 0 aliphatic heterocycles. The Kier molecular flexibility index (Phi) is 7.90. The molecule has 128 valence electrons. The normalized spacial score (nSPS) is 11.6. The van der Waals surface area contributed by atoms with Crippen LogP contribution in [-0.2, 0) is 4.79 Å². The zero-order chi connectivity index (χ0) is 17.2. The predicted molar refractivity (Wildman–Crippen MR) is 87.5 cm³/mol. The van der Waals surface area contributed by atoms with E-state index in [1.54, 1.807) is 18.2 Å². The van der Waals surface area contributed by atoms with Gasteiger partial charge in [-0.1, -0.05) is 19.8 Å². The molecule has 0 radical (unpaired) electrons. The number of benzene rings is 1. The molecule has 0 aliphatic rings. The number of nitrogens with one attached hydrogen (secondary N) is 1. The first-order chi connectivity index (χ1) is 11.0. The highest BCUT2D eigenvalue weighted by molar-refractivity contribution is 5.95. The zero-order valence-corrected chi connectivity index (χ0v) is 13.6. The topological polar surface area (TPSA) is 117 Å². The molecule has 7 heteroatoms. The van der Waals surface area contributed by atoms with Crippen LogP contribution >= 0.6 is 0 Å². The third kappa shape index (κ3) is 6.15. The molecule has 1 rings (SSSR count). The Balaban J connectivity index is 2.79. The van der Waals surface area contributed by atoms with Gasteiger partial charge in [0, 0.05) is 18.2 Å². The second-order valence-electron chi connectivity index (χ2n) is 5.17. The van der Waals surface area contributed by atoms with E-state index < -0.39 is 5.91 Å². The number of hydrogen-bond acceptors (Lipinski definition) is 5. The highest BCUT2D eigenvalue weighted by Crippen LogP contribution is 2.28. The smallest absolute Gasteiger partial charge is 0.255 e. The van der Waals surface area contributed by atoms with Crippen molar-refractivity contribution in [2.24, 2.45) is 11.5 Å². The lowest BCUT2D eigenvalue weighted by atomic mass is 10.1. The number of carbonyl (C=O) groups excluding carboxylic acids is 2. The molecule has 1 aromatic carbocycles. The first kappa shape index (κ1) is 18.8. The van der Waals surface area contributed by atoms with Crippen LogP contribution in [0.4, 0.5) is 0 Å². The number of unbranched alkanes of at least 4 members (excludes halogenated alkanes) is 1. The lowest BCUT2D eigenvalue weighted by molar-refractivity contribution is -0.119. The van der Waals surface area contributed by atoms with Crippen LogP contribution in [0.1, 0.15) is 36.5 Å². The summed E-state index contributed by atoms with van der Waals surface area (Å²) >= 11 is 0. The van der Waals surface area contributed by atoms with Crippen LogP contribution in [0.15, 0.2) is 18.2 Å².